The fourth-order valence-electron chi connectivity index (χ4n) is 2.91. The van der Waals surface area contributed by atoms with Crippen LogP contribution in [0.1, 0.15) is 13.0 Å². The highest BCUT2D eigenvalue weighted by molar-refractivity contribution is 7.71. The van der Waals surface area contributed by atoms with Gasteiger partial charge in [0.15, 0.2) is 4.77 Å². The highest BCUT2D eigenvalue weighted by Crippen LogP contribution is 2.24. The van der Waals surface area contributed by atoms with Gasteiger partial charge in [0, 0.05) is 31.7 Å². The first kappa shape index (κ1) is 14.6. The van der Waals surface area contributed by atoms with Crippen molar-refractivity contribution < 1.29 is 9.47 Å². The second kappa shape index (κ2) is 6.17. The van der Waals surface area contributed by atoms with Crippen LogP contribution in [0.3, 0.4) is 0 Å². The number of fused-ring (bicyclic) bond motifs is 1. The third-order valence-electron chi connectivity index (χ3n) is 3.99. The maximum Gasteiger partial charge on any atom is 0.178 e. The molecule has 0 amide bonds. The smallest absolute Gasteiger partial charge is 0.178 e. The molecule has 1 aliphatic rings. The standard InChI is InChI=1S/C15H21N3O2S/c1-11(10-17-5-7-20-8-6-17)18-14-4-3-12(19-2)9-13(14)16-15(18)21/h3-4,9,11H,5-8,10H2,1-2H3,(H,16,21). The van der Waals surface area contributed by atoms with Crippen molar-refractivity contribution in [3.63, 3.8) is 0 Å². The lowest BCUT2D eigenvalue weighted by atomic mass is 10.2. The molecule has 1 unspecified atom stereocenters. The molecule has 114 valence electrons. The predicted octanol–water partition coefficient (Wildman–Crippen LogP) is 2.60. The molecule has 1 aromatic heterocycles. The zero-order valence-electron chi connectivity index (χ0n) is 12.5. The van der Waals surface area contributed by atoms with Crippen LogP contribution in [0.5, 0.6) is 5.75 Å². The Hall–Kier alpha value is -1.37. The fraction of sp³-hybridized carbons (Fsp3) is 0.533. The number of hydrogen-bond acceptors (Lipinski definition) is 4. The number of benzene rings is 1. The summed E-state index contributed by atoms with van der Waals surface area (Å²) in [6.07, 6.45) is 0. The summed E-state index contributed by atoms with van der Waals surface area (Å²) in [7, 11) is 1.67. The summed E-state index contributed by atoms with van der Waals surface area (Å²) in [4.78, 5) is 5.70. The van der Waals surface area contributed by atoms with Gasteiger partial charge >= 0.3 is 0 Å². The molecule has 5 nitrogen and oxygen atoms in total. The average Bonchev–Trinajstić information content (AvgIpc) is 2.83. The van der Waals surface area contributed by atoms with Crippen molar-refractivity contribution in [3.05, 3.63) is 23.0 Å². The minimum atomic E-state index is 0.317. The predicted molar refractivity (Wildman–Crippen MR) is 85.6 cm³/mol. The van der Waals surface area contributed by atoms with Crippen LogP contribution in [-0.4, -0.2) is 54.4 Å². The molecule has 3 rings (SSSR count). The normalized spacial score (nSPS) is 18.0. The molecule has 6 heteroatoms. The molecule has 1 fully saturated rings. The molecule has 2 aromatic rings. The van der Waals surface area contributed by atoms with Gasteiger partial charge in [0.1, 0.15) is 5.75 Å². The summed E-state index contributed by atoms with van der Waals surface area (Å²) in [5.41, 5.74) is 2.15. The molecule has 1 aromatic carbocycles. The highest BCUT2D eigenvalue weighted by atomic mass is 32.1. The van der Waals surface area contributed by atoms with Gasteiger partial charge in [0.2, 0.25) is 0 Å². The number of aromatic nitrogens is 2. The van der Waals surface area contributed by atoms with E-state index < -0.39 is 0 Å². The number of nitrogens with one attached hydrogen (secondary N) is 1. The van der Waals surface area contributed by atoms with E-state index in [2.05, 4.69) is 27.4 Å². The maximum absolute atomic E-state index is 5.50. The molecule has 2 heterocycles. The van der Waals surface area contributed by atoms with E-state index in [4.69, 9.17) is 21.7 Å². The van der Waals surface area contributed by atoms with Crippen molar-refractivity contribution >= 4 is 23.3 Å². The molecule has 1 aliphatic heterocycles. The second-order valence-electron chi connectivity index (χ2n) is 5.45. The molecular formula is C15H21N3O2S. The summed E-state index contributed by atoms with van der Waals surface area (Å²) in [6.45, 7) is 6.83. The van der Waals surface area contributed by atoms with Crippen molar-refractivity contribution in [2.24, 2.45) is 0 Å². The number of aromatic amines is 1. The van der Waals surface area contributed by atoms with Crippen LogP contribution in [-0.2, 0) is 4.74 Å². The summed E-state index contributed by atoms with van der Waals surface area (Å²) in [6, 6.07) is 6.35. The molecule has 0 radical (unpaired) electrons. The van der Waals surface area contributed by atoms with Gasteiger partial charge < -0.3 is 19.0 Å². The number of ether oxygens (including phenoxy) is 2. The lowest BCUT2D eigenvalue weighted by Gasteiger charge is -2.29. The summed E-state index contributed by atoms with van der Waals surface area (Å²) in [5, 5.41) is 0. The Kier molecular flexibility index (Phi) is 4.28. The average molecular weight is 307 g/mol. The van der Waals surface area contributed by atoms with Crippen LogP contribution in [0, 0.1) is 4.77 Å². The van der Waals surface area contributed by atoms with Crippen LogP contribution in [0.4, 0.5) is 0 Å². The van der Waals surface area contributed by atoms with Crippen molar-refractivity contribution in [1.29, 1.82) is 0 Å². The molecule has 0 bridgehead atoms. The Labute approximate surface area is 129 Å². The van der Waals surface area contributed by atoms with E-state index in [1.165, 1.54) is 0 Å². The molecule has 1 saturated heterocycles. The molecule has 21 heavy (non-hydrogen) atoms. The Morgan fingerprint density at radius 2 is 2.14 bits per heavy atom. The van der Waals surface area contributed by atoms with Crippen LogP contribution in [0.15, 0.2) is 18.2 Å². The zero-order chi connectivity index (χ0) is 14.8. The second-order valence-corrected chi connectivity index (χ2v) is 5.83. The van der Waals surface area contributed by atoms with E-state index in [0.717, 1.165) is 54.4 Å². The van der Waals surface area contributed by atoms with E-state index in [1.807, 2.05) is 12.1 Å². The first-order valence-corrected chi connectivity index (χ1v) is 7.68. The summed E-state index contributed by atoms with van der Waals surface area (Å²) in [5.74, 6) is 0.840. The third kappa shape index (κ3) is 2.97. The largest absolute Gasteiger partial charge is 0.497 e. The molecule has 1 N–H and O–H groups in total. The van der Waals surface area contributed by atoms with Gasteiger partial charge in [-0.3, -0.25) is 4.90 Å². The van der Waals surface area contributed by atoms with Gasteiger partial charge in [0.05, 0.1) is 31.4 Å². The van der Waals surface area contributed by atoms with Crippen LogP contribution in [0.2, 0.25) is 0 Å². The Balaban J connectivity index is 1.88. The van der Waals surface area contributed by atoms with Gasteiger partial charge in [0.25, 0.3) is 0 Å². The fourth-order valence-corrected chi connectivity index (χ4v) is 3.30. The number of hydrogen-bond donors (Lipinski definition) is 1. The zero-order valence-corrected chi connectivity index (χ0v) is 13.3. The molecule has 1 atom stereocenters. The van der Waals surface area contributed by atoms with Gasteiger partial charge in [-0.2, -0.15) is 0 Å². The topological polar surface area (TPSA) is 42.4 Å². The Morgan fingerprint density at radius 3 is 2.86 bits per heavy atom. The summed E-state index contributed by atoms with van der Waals surface area (Å²) < 4.78 is 13.6. The van der Waals surface area contributed by atoms with Crippen LogP contribution >= 0.6 is 12.2 Å². The van der Waals surface area contributed by atoms with Crippen molar-refractivity contribution in [2.45, 2.75) is 13.0 Å². The molecule has 0 spiro atoms. The molecule has 0 aliphatic carbocycles. The third-order valence-corrected chi connectivity index (χ3v) is 4.29. The number of methoxy groups -OCH3 is 1. The first-order valence-electron chi connectivity index (χ1n) is 7.27. The number of morpholine rings is 1. The van der Waals surface area contributed by atoms with Crippen molar-refractivity contribution in [2.75, 3.05) is 40.0 Å². The minimum Gasteiger partial charge on any atom is -0.497 e. The van der Waals surface area contributed by atoms with E-state index in [-0.39, 0.29) is 0 Å². The Morgan fingerprint density at radius 1 is 1.38 bits per heavy atom. The van der Waals surface area contributed by atoms with Crippen molar-refractivity contribution in [1.82, 2.24) is 14.5 Å². The summed E-state index contributed by atoms with van der Waals surface area (Å²) >= 11 is 5.50. The highest BCUT2D eigenvalue weighted by Gasteiger charge is 2.17. The van der Waals surface area contributed by atoms with Gasteiger partial charge in [-0.05, 0) is 31.3 Å². The lowest BCUT2D eigenvalue weighted by molar-refractivity contribution is 0.0327. The Bertz CT molecular complexity index is 673. The maximum atomic E-state index is 5.50. The number of imidazole rings is 1. The van der Waals surface area contributed by atoms with Gasteiger partial charge in [-0.1, -0.05) is 0 Å². The van der Waals surface area contributed by atoms with Crippen molar-refractivity contribution in [3.8, 4) is 5.75 Å². The number of rotatable bonds is 4. The first-order chi connectivity index (χ1) is 10.2. The van der Waals surface area contributed by atoms with Crippen LogP contribution < -0.4 is 4.74 Å². The van der Waals surface area contributed by atoms with Crippen LogP contribution in [0.25, 0.3) is 11.0 Å². The lowest BCUT2D eigenvalue weighted by Crippen LogP contribution is -2.39. The molecule has 0 saturated carbocycles. The van der Waals surface area contributed by atoms with Gasteiger partial charge in [-0.25, -0.2) is 0 Å². The number of nitrogens with zero attached hydrogens (tertiary/aromatic N) is 2. The monoisotopic (exact) mass is 307 g/mol. The minimum absolute atomic E-state index is 0.317. The van der Waals surface area contributed by atoms with E-state index >= 15 is 0 Å². The van der Waals surface area contributed by atoms with E-state index in [9.17, 15) is 0 Å². The molecular weight excluding hydrogens is 286 g/mol. The van der Waals surface area contributed by atoms with Gasteiger partial charge in [-0.15, -0.1) is 0 Å². The SMILES string of the molecule is COc1ccc2c(c1)[nH]c(=S)n2C(C)CN1CCOCC1. The quantitative estimate of drug-likeness (QED) is 0.882. The van der Waals surface area contributed by atoms with E-state index in [0.29, 0.717) is 6.04 Å². The number of H-pyrrole nitrogens is 1. The van der Waals surface area contributed by atoms with E-state index in [1.54, 1.807) is 7.11 Å².